The van der Waals surface area contributed by atoms with E-state index in [-0.39, 0.29) is 11.8 Å². The maximum atomic E-state index is 13.1. The largest absolute Gasteiger partial charge is 0.340 e. The van der Waals surface area contributed by atoms with Crippen molar-refractivity contribution in [2.75, 3.05) is 44.2 Å². The molecule has 1 fully saturated rings. The van der Waals surface area contributed by atoms with Gasteiger partial charge in [0.05, 0.1) is 23.7 Å². The SMILES string of the molecule is Cc1ccc(CC(=O)N2CCN(CC(=O)N3CCc4cc(-c5csc(C)n5)ccc43)CC2)cc1. The quantitative estimate of drug-likeness (QED) is 0.566. The number of nitrogens with zero attached hydrogens (tertiary/aromatic N) is 4. The lowest BCUT2D eigenvalue weighted by Crippen LogP contribution is -2.51. The van der Waals surface area contributed by atoms with E-state index in [1.165, 1.54) is 11.1 Å². The van der Waals surface area contributed by atoms with E-state index in [1.54, 1.807) is 11.3 Å². The number of aromatic nitrogens is 1. The number of fused-ring (bicyclic) bond motifs is 1. The maximum Gasteiger partial charge on any atom is 0.241 e. The Hall–Kier alpha value is -3.03. The molecule has 2 aromatic carbocycles. The van der Waals surface area contributed by atoms with Crippen molar-refractivity contribution in [3.8, 4) is 11.3 Å². The highest BCUT2D eigenvalue weighted by molar-refractivity contribution is 7.09. The van der Waals surface area contributed by atoms with E-state index in [0.717, 1.165) is 53.6 Å². The van der Waals surface area contributed by atoms with Gasteiger partial charge < -0.3 is 9.80 Å². The van der Waals surface area contributed by atoms with Crippen molar-refractivity contribution in [1.82, 2.24) is 14.8 Å². The second kappa shape index (κ2) is 9.68. The Morgan fingerprint density at radius 3 is 2.41 bits per heavy atom. The predicted octanol–water partition coefficient (Wildman–Crippen LogP) is 3.70. The van der Waals surface area contributed by atoms with Crippen molar-refractivity contribution in [2.45, 2.75) is 26.7 Å². The van der Waals surface area contributed by atoms with E-state index in [0.29, 0.717) is 26.1 Å². The lowest BCUT2D eigenvalue weighted by Gasteiger charge is -2.35. The summed E-state index contributed by atoms with van der Waals surface area (Å²) in [5, 5.41) is 3.14. The monoisotopic (exact) mass is 474 g/mol. The van der Waals surface area contributed by atoms with Crippen LogP contribution < -0.4 is 4.90 Å². The fourth-order valence-corrected chi connectivity index (χ4v) is 5.36. The standard InChI is InChI=1S/C27H30N4O2S/c1-19-3-5-21(6-4-19)15-26(32)30-13-11-29(12-14-30)17-27(33)31-10-9-23-16-22(7-8-25(23)31)24-18-34-20(2)28-24/h3-8,16,18H,9-15,17H2,1-2H3. The highest BCUT2D eigenvalue weighted by Crippen LogP contribution is 2.33. The number of carbonyl (C=O) groups excluding carboxylic acids is 2. The predicted molar refractivity (Wildman–Crippen MR) is 136 cm³/mol. The molecule has 5 rings (SSSR count). The van der Waals surface area contributed by atoms with Gasteiger partial charge in [-0.3, -0.25) is 14.5 Å². The number of anilines is 1. The molecule has 1 aromatic heterocycles. The summed E-state index contributed by atoms with van der Waals surface area (Å²) in [5.74, 6) is 0.296. The van der Waals surface area contributed by atoms with Crippen LogP contribution in [0.25, 0.3) is 11.3 Å². The van der Waals surface area contributed by atoms with Crippen molar-refractivity contribution in [1.29, 1.82) is 0 Å². The Balaban J connectivity index is 1.14. The topological polar surface area (TPSA) is 56.8 Å². The first kappa shape index (κ1) is 22.7. The lowest BCUT2D eigenvalue weighted by atomic mass is 10.1. The van der Waals surface area contributed by atoms with E-state index in [2.05, 4.69) is 33.5 Å². The van der Waals surface area contributed by atoms with Gasteiger partial charge in [0.2, 0.25) is 11.8 Å². The number of aryl methyl sites for hydroxylation is 2. The fraction of sp³-hybridized carbons (Fsp3) is 0.370. The van der Waals surface area contributed by atoms with Crippen LogP contribution >= 0.6 is 11.3 Å². The van der Waals surface area contributed by atoms with E-state index in [1.807, 2.05) is 47.9 Å². The van der Waals surface area contributed by atoms with Gasteiger partial charge in [0.15, 0.2) is 0 Å². The summed E-state index contributed by atoms with van der Waals surface area (Å²) in [6, 6.07) is 14.4. The molecule has 0 saturated carbocycles. The van der Waals surface area contributed by atoms with Crippen molar-refractivity contribution >= 4 is 28.8 Å². The first-order chi connectivity index (χ1) is 16.5. The molecule has 0 atom stereocenters. The Kier molecular flexibility index (Phi) is 6.48. The zero-order chi connectivity index (χ0) is 23.7. The summed E-state index contributed by atoms with van der Waals surface area (Å²) in [7, 11) is 0. The maximum absolute atomic E-state index is 13.1. The van der Waals surface area contributed by atoms with Crippen LogP contribution in [0.4, 0.5) is 5.69 Å². The van der Waals surface area contributed by atoms with Gasteiger partial charge in [-0.15, -0.1) is 11.3 Å². The smallest absolute Gasteiger partial charge is 0.241 e. The molecule has 1 saturated heterocycles. The van der Waals surface area contributed by atoms with E-state index >= 15 is 0 Å². The summed E-state index contributed by atoms with van der Waals surface area (Å²) in [6.07, 6.45) is 1.31. The zero-order valence-corrected chi connectivity index (χ0v) is 20.6. The van der Waals surface area contributed by atoms with Gasteiger partial charge in [0, 0.05) is 49.4 Å². The van der Waals surface area contributed by atoms with Gasteiger partial charge in [0.1, 0.15) is 0 Å². The summed E-state index contributed by atoms with van der Waals surface area (Å²) in [4.78, 5) is 36.4. The summed E-state index contributed by atoms with van der Waals surface area (Å²) in [5.41, 5.74) is 6.60. The molecule has 176 valence electrons. The summed E-state index contributed by atoms with van der Waals surface area (Å²) in [6.45, 7) is 7.99. The Morgan fingerprint density at radius 1 is 0.941 bits per heavy atom. The molecule has 3 aromatic rings. The van der Waals surface area contributed by atoms with Gasteiger partial charge >= 0.3 is 0 Å². The number of thiazole rings is 1. The molecule has 0 bridgehead atoms. The second-order valence-corrected chi connectivity index (χ2v) is 10.3. The van der Waals surface area contributed by atoms with Crippen LogP contribution in [-0.2, 0) is 22.4 Å². The Bertz CT molecular complexity index is 1200. The molecule has 2 aliphatic heterocycles. The first-order valence-corrected chi connectivity index (χ1v) is 12.8. The van der Waals surface area contributed by atoms with Crippen LogP contribution in [0.3, 0.4) is 0 Å². The average molecular weight is 475 g/mol. The highest BCUT2D eigenvalue weighted by Gasteiger charge is 2.28. The minimum absolute atomic E-state index is 0.135. The van der Waals surface area contributed by atoms with E-state index in [4.69, 9.17) is 0 Å². The van der Waals surface area contributed by atoms with Crippen molar-refractivity contribution in [2.24, 2.45) is 0 Å². The molecule has 7 heteroatoms. The lowest BCUT2D eigenvalue weighted by molar-refractivity contribution is -0.132. The molecule has 2 aliphatic rings. The molecule has 0 radical (unpaired) electrons. The van der Waals surface area contributed by atoms with Crippen LogP contribution in [0.15, 0.2) is 47.8 Å². The van der Waals surface area contributed by atoms with Crippen LogP contribution in [-0.4, -0.2) is 65.9 Å². The molecule has 0 unspecified atom stereocenters. The number of hydrogen-bond acceptors (Lipinski definition) is 5. The molecular formula is C27H30N4O2S. The number of rotatable bonds is 5. The van der Waals surface area contributed by atoms with Crippen molar-refractivity contribution < 1.29 is 9.59 Å². The van der Waals surface area contributed by atoms with Gasteiger partial charge in [0.25, 0.3) is 0 Å². The molecule has 2 amide bonds. The molecule has 0 aliphatic carbocycles. The third-order valence-electron chi connectivity index (χ3n) is 6.75. The average Bonchev–Trinajstić information content (AvgIpc) is 3.47. The fourth-order valence-electron chi connectivity index (χ4n) is 4.74. The summed E-state index contributed by atoms with van der Waals surface area (Å²) < 4.78 is 0. The number of hydrogen-bond donors (Lipinski definition) is 0. The third-order valence-corrected chi connectivity index (χ3v) is 7.52. The van der Waals surface area contributed by atoms with Gasteiger partial charge in [-0.25, -0.2) is 4.98 Å². The third kappa shape index (κ3) is 4.91. The van der Waals surface area contributed by atoms with Crippen LogP contribution in [0.2, 0.25) is 0 Å². The van der Waals surface area contributed by atoms with E-state index < -0.39 is 0 Å². The minimum Gasteiger partial charge on any atom is -0.340 e. The molecule has 0 N–H and O–H groups in total. The van der Waals surface area contributed by atoms with Gasteiger partial charge in [-0.1, -0.05) is 35.9 Å². The molecular weight excluding hydrogens is 444 g/mol. The molecule has 0 spiro atoms. The van der Waals surface area contributed by atoms with Crippen molar-refractivity contribution in [3.05, 3.63) is 69.5 Å². The minimum atomic E-state index is 0.135. The van der Waals surface area contributed by atoms with E-state index in [9.17, 15) is 9.59 Å². The van der Waals surface area contributed by atoms with Gasteiger partial charge in [-0.2, -0.15) is 0 Å². The molecule has 34 heavy (non-hydrogen) atoms. The first-order valence-electron chi connectivity index (χ1n) is 11.9. The number of piperazine rings is 1. The zero-order valence-electron chi connectivity index (χ0n) is 19.8. The van der Waals surface area contributed by atoms with Crippen LogP contribution in [0.5, 0.6) is 0 Å². The number of carbonyl (C=O) groups is 2. The van der Waals surface area contributed by atoms with Crippen molar-refractivity contribution in [3.63, 3.8) is 0 Å². The number of amides is 2. The summed E-state index contributed by atoms with van der Waals surface area (Å²) >= 11 is 1.65. The normalized spacial score (nSPS) is 16.1. The number of benzene rings is 2. The molecule has 6 nitrogen and oxygen atoms in total. The van der Waals surface area contributed by atoms with Crippen LogP contribution in [0, 0.1) is 13.8 Å². The van der Waals surface area contributed by atoms with Gasteiger partial charge in [-0.05, 0) is 43.5 Å². The Morgan fingerprint density at radius 2 is 1.71 bits per heavy atom. The Labute approximate surface area is 204 Å². The van der Waals surface area contributed by atoms with Crippen LogP contribution in [0.1, 0.15) is 21.7 Å². The molecule has 3 heterocycles. The highest BCUT2D eigenvalue weighted by atomic mass is 32.1. The second-order valence-electron chi connectivity index (χ2n) is 9.21.